The number of hydrogen-bond donors (Lipinski definition) is 1. The molecular weight excluding hydrogens is 350 g/mol. The molecule has 0 amide bonds. The lowest BCUT2D eigenvalue weighted by Crippen LogP contribution is -1.92. The van der Waals surface area contributed by atoms with Gasteiger partial charge in [0.1, 0.15) is 5.76 Å². The van der Waals surface area contributed by atoms with Crippen molar-refractivity contribution in [2.75, 3.05) is 0 Å². The first-order valence-corrected chi connectivity index (χ1v) is 9.94. The molecule has 0 atom stereocenters. The number of aryl methyl sites for hydroxylation is 1. The first kappa shape index (κ1) is 16.3. The molecule has 0 unspecified atom stereocenters. The number of benzene rings is 1. The van der Waals surface area contributed by atoms with Crippen molar-refractivity contribution in [1.29, 1.82) is 0 Å². The average Bonchev–Trinajstić information content (AvgIpc) is 3.27. The maximum Gasteiger partial charge on any atom is 0.166 e. The third-order valence-electron chi connectivity index (χ3n) is 3.67. The number of nitrogens with zero attached hydrogens (tertiary/aromatic N) is 2. The number of fused-ring (bicyclic) bond motifs is 1. The molecule has 0 aliphatic carbocycles. The zero-order chi connectivity index (χ0) is 17.1. The molecule has 3 heterocycles. The summed E-state index contributed by atoms with van der Waals surface area (Å²) in [6, 6.07) is 16.3. The van der Waals surface area contributed by atoms with E-state index in [1.165, 1.54) is 4.90 Å². The van der Waals surface area contributed by atoms with Crippen molar-refractivity contribution in [1.82, 2.24) is 15.0 Å². The molecule has 1 N–H and O–H groups in total. The Morgan fingerprint density at radius 1 is 1.00 bits per heavy atom. The van der Waals surface area contributed by atoms with Crippen molar-refractivity contribution in [2.24, 2.45) is 0 Å². The first-order chi connectivity index (χ1) is 12.3. The molecule has 4 aromatic rings. The zero-order valence-corrected chi connectivity index (χ0v) is 15.4. The first-order valence-electron chi connectivity index (χ1n) is 7.96. The van der Waals surface area contributed by atoms with E-state index < -0.39 is 0 Å². The van der Waals surface area contributed by atoms with Gasteiger partial charge in [0.05, 0.1) is 28.7 Å². The number of furan rings is 1. The van der Waals surface area contributed by atoms with Crippen molar-refractivity contribution >= 4 is 34.6 Å². The fraction of sp³-hybridized carbons (Fsp3) is 0.158. The maximum atomic E-state index is 5.40. The van der Waals surface area contributed by atoms with Crippen LogP contribution < -0.4 is 0 Å². The molecule has 0 fully saturated rings. The summed E-state index contributed by atoms with van der Waals surface area (Å²) in [5, 5.41) is 0.925. The summed E-state index contributed by atoms with van der Waals surface area (Å²) in [6.45, 7) is 2.03. The van der Waals surface area contributed by atoms with Crippen LogP contribution in [0.4, 0.5) is 0 Å². The topological polar surface area (TPSA) is 54.7 Å². The predicted molar refractivity (Wildman–Crippen MR) is 103 cm³/mol. The van der Waals surface area contributed by atoms with Gasteiger partial charge in [0, 0.05) is 16.3 Å². The Hall–Kier alpha value is -2.18. The quantitative estimate of drug-likeness (QED) is 0.460. The molecule has 0 bridgehead atoms. The van der Waals surface area contributed by atoms with Gasteiger partial charge in [-0.2, -0.15) is 0 Å². The fourth-order valence-electron chi connectivity index (χ4n) is 2.55. The summed E-state index contributed by atoms with van der Waals surface area (Å²) in [7, 11) is 0. The number of para-hydroxylation sites is 2. The molecule has 0 spiro atoms. The Kier molecular flexibility index (Phi) is 4.81. The van der Waals surface area contributed by atoms with E-state index in [2.05, 4.69) is 27.1 Å². The summed E-state index contributed by atoms with van der Waals surface area (Å²) in [5.41, 5.74) is 4.16. The highest BCUT2D eigenvalue weighted by atomic mass is 32.2. The van der Waals surface area contributed by atoms with Gasteiger partial charge in [-0.05, 0) is 43.3 Å². The highest BCUT2D eigenvalue weighted by Crippen LogP contribution is 2.27. The number of thioether (sulfide) groups is 2. The lowest BCUT2D eigenvalue weighted by molar-refractivity contribution is 0.530. The van der Waals surface area contributed by atoms with E-state index >= 15 is 0 Å². The summed E-state index contributed by atoms with van der Waals surface area (Å²) in [5.74, 6) is 2.60. The van der Waals surface area contributed by atoms with E-state index in [9.17, 15) is 0 Å². The van der Waals surface area contributed by atoms with Crippen molar-refractivity contribution < 1.29 is 4.42 Å². The minimum absolute atomic E-state index is 0.788. The highest BCUT2D eigenvalue weighted by molar-refractivity contribution is 7.98. The summed E-state index contributed by atoms with van der Waals surface area (Å²) in [6.07, 6.45) is 1.71. The number of H-pyrrole nitrogens is 1. The van der Waals surface area contributed by atoms with Crippen LogP contribution in [0.5, 0.6) is 0 Å². The van der Waals surface area contributed by atoms with Crippen LogP contribution >= 0.6 is 23.5 Å². The predicted octanol–water partition coefficient (Wildman–Crippen LogP) is 5.44. The van der Waals surface area contributed by atoms with Crippen LogP contribution in [0.2, 0.25) is 0 Å². The number of imidazole rings is 1. The van der Waals surface area contributed by atoms with Crippen LogP contribution in [0, 0.1) is 6.92 Å². The molecule has 3 aromatic heterocycles. The zero-order valence-electron chi connectivity index (χ0n) is 13.7. The fourth-order valence-corrected chi connectivity index (χ4v) is 4.27. The number of aromatic nitrogens is 3. The second kappa shape index (κ2) is 7.37. The minimum atomic E-state index is 0.788. The van der Waals surface area contributed by atoms with Crippen molar-refractivity contribution in [3.05, 3.63) is 71.9 Å². The summed E-state index contributed by atoms with van der Waals surface area (Å²) < 4.78 is 5.40. The van der Waals surface area contributed by atoms with Gasteiger partial charge in [-0.15, -0.1) is 11.8 Å². The van der Waals surface area contributed by atoms with Crippen LogP contribution in [0.3, 0.4) is 0 Å². The van der Waals surface area contributed by atoms with Gasteiger partial charge in [0.2, 0.25) is 0 Å². The molecule has 25 heavy (non-hydrogen) atoms. The number of hydrogen-bond acceptors (Lipinski definition) is 5. The van der Waals surface area contributed by atoms with Crippen LogP contribution in [0.1, 0.15) is 17.1 Å². The highest BCUT2D eigenvalue weighted by Gasteiger charge is 2.07. The van der Waals surface area contributed by atoms with Crippen LogP contribution in [-0.2, 0) is 11.5 Å². The van der Waals surface area contributed by atoms with Crippen molar-refractivity contribution in [3.8, 4) is 0 Å². The minimum Gasteiger partial charge on any atom is -0.468 e. The Morgan fingerprint density at radius 3 is 2.76 bits per heavy atom. The maximum absolute atomic E-state index is 5.40. The molecule has 0 aliphatic heterocycles. The van der Waals surface area contributed by atoms with Gasteiger partial charge < -0.3 is 9.40 Å². The number of pyridine rings is 1. The second-order valence-corrected chi connectivity index (χ2v) is 7.66. The monoisotopic (exact) mass is 367 g/mol. The number of aromatic amines is 1. The third-order valence-corrected chi connectivity index (χ3v) is 5.57. The van der Waals surface area contributed by atoms with Crippen molar-refractivity contribution in [3.63, 3.8) is 0 Å². The van der Waals surface area contributed by atoms with E-state index in [-0.39, 0.29) is 0 Å². The van der Waals surface area contributed by atoms with Gasteiger partial charge in [0.25, 0.3) is 0 Å². The molecule has 4 nitrogen and oxygen atoms in total. The molecule has 4 rings (SSSR count). The molecule has 0 aliphatic rings. The van der Waals surface area contributed by atoms with Crippen molar-refractivity contribution in [2.45, 2.75) is 28.5 Å². The number of rotatable bonds is 6. The van der Waals surface area contributed by atoms with Gasteiger partial charge in [-0.3, -0.25) is 4.98 Å². The number of nitrogens with one attached hydrogen (secondary N) is 1. The van der Waals surface area contributed by atoms with Gasteiger partial charge in [-0.1, -0.05) is 23.9 Å². The van der Waals surface area contributed by atoms with Crippen LogP contribution in [0.25, 0.3) is 11.0 Å². The third kappa shape index (κ3) is 4.08. The Morgan fingerprint density at radius 2 is 1.92 bits per heavy atom. The molecule has 0 radical (unpaired) electrons. The standard InChI is InChI=1S/C19H17N3OS2/c1-13-9-16(24-12-15-5-4-8-23-15)10-14(20-13)11-25-19-21-17-6-2-3-7-18(17)22-19/h2-10H,11-12H2,1H3,(H,21,22). The van der Waals surface area contributed by atoms with E-state index in [4.69, 9.17) is 4.42 Å². The Balaban J connectivity index is 1.44. The largest absolute Gasteiger partial charge is 0.468 e. The Labute approximate surface area is 154 Å². The van der Waals surface area contributed by atoms with E-state index in [1.807, 2.05) is 43.3 Å². The summed E-state index contributed by atoms with van der Waals surface area (Å²) >= 11 is 3.44. The lowest BCUT2D eigenvalue weighted by atomic mass is 10.3. The molecule has 6 heteroatoms. The van der Waals surface area contributed by atoms with E-state index in [0.29, 0.717) is 0 Å². The smallest absolute Gasteiger partial charge is 0.166 e. The normalized spacial score (nSPS) is 11.2. The van der Waals surface area contributed by atoms with E-state index in [1.54, 1.807) is 29.8 Å². The molecule has 0 saturated carbocycles. The molecule has 126 valence electrons. The lowest BCUT2D eigenvalue weighted by Gasteiger charge is -2.05. The van der Waals surface area contributed by atoms with Crippen LogP contribution in [-0.4, -0.2) is 15.0 Å². The Bertz CT molecular complexity index is 946. The van der Waals surface area contributed by atoms with Gasteiger partial charge >= 0.3 is 0 Å². The SMILES string of the molecule is Cc1cc(SCc2ccco2)cc(CSc2nc3ccccc3[nH]2)n1. The summed E-state index contributed by atoms with van der Waals surface area (Å²) in [4.78, 5) is 13.8. The second-order valence-electron chi connectivity index (χ2n) is 5.65. The van der Waals surface area contributed by atoms with Crippen LogP contribution in [0.15, 0.2) is 69.3 Å². The van der Waals surface area contributed by atoms with E-state index in [0.717, 1.165) is 44.8 Å². The van der Waals surface area contributed by atoms with Gasteiger partial charge in [0.15, 0.2) is 5.16 Å². The molecule has 1 aromatic carbocycles. The molecule has 0 saturated heterocycles. The average molecular weight is 367 g/mol. The van der Waals surface area contributed by atoms with Gasteiger partial charge in [-0.25, -0.2) is 4.98 Å². The molecular formula is C19H17N3OS2.